The standard InChI is InChI=1S/C16H25N5O2/c1-11(2)18-15(22)13-6-5-9-21(13)16(23)19-12-7-8-17-10-14(12)20(3)4/h7-8,10-11,13H,5-6,9H2,1-4H3,(H,18,22)(H,17,19,23)/t13-/m1/s1. The molecule has 0 aromatic carbocycles. The highest BCUT2D eigenvalue weighted by atomic mass is 16.2. The predicted octanol–water partition coefficient (Wildman–Crippen LogP) is 1.67. The zero-order valence-electron chi connectivity index (χ0n) is 14.2. The number of pyridine rings is 1. The Kier molecular flexibility index (Phi) is 5.41. The van der Waals surface area contributed by atoms with Crippen molar-refractivity contribution >= 4 is 23.3 Å². The summed E-state index contributed by atoms with van der Waals surface area (Å²) < 4.78 is 0. The number of likely N-dealkylation sites (tertiary alicyclic amines) is 1. The summed E-state index contributed by atoms with van der Waals surface area (Å²) in [6.07, 6.45) is 4.86. The molecule has 0 spiro atoms. The Morgan fingerprint density at radius 3 is 2.78 bits per heavy atom. The highest BCUT2D eigenvalue weighted by Crippen LogP contribution is 2.24. The summed E-state index contributed by atoms with van der Waals surface area (Å²) in [4.78, 5) is 32.4. The number of hydrogen-bond acceptors (Lipinski definition) is 4. The lowest BCUT2D eigenvalue weighted by Crippen LogP contribution is -2.49. The van der Waals surface area contributed by atoms with E-state index in [-0.39, 0.29) is 18.0 Å². The third kappa shape index (κ3) is 4.12. The molecule has 23 heavy (non-hydrogen) atoms. The zero-order chi connectivity index (χ0) is 17.0. The van der Waals surface area contributed by atoms with E-state index in [9.17, 15) is 9.59 Å². The van der Waals surface area contributed by atoms with E-state index in [4.69, 9.17) is 0 Å². The van der Waals surface area contributed by atoms with Crippen molar-refractivity contribution in [1.29, 1.82) is 0 Å². The van der Waals surface area contributed by atoms with Crippen LogP contribution in [0.15, 0.2) is 18.5 Å². The van der Waals surface area contributed by atoms with Crippen LogP contribution in [0.25, 0.3) is 0 Å². The molecular formula is C16H25N5O2. The van der Waals surface area contributed by atoms with Gasteiger partial charge in [0.1, 0.15) is 6.04 Å². The number of anilines is 2. The van der Waals surface area contributed by atoms with Gasteiger partial charge in [0, 0.05) is 32.9 Å². The Balaban J connectivity index is 2.09. The van der Waals surface area contributed by atoms with E-state index < -0.39 is 6.04 Å². The summed E-state index contributed by atoms with van der Waals surface area (Å²) in [5.74, 6) is -0.0878. The molecule has 2 heterocycles. The number of aromatic nitrogens is 1. The zero-order valence-corrected chi connectivity index (χ0v) is 14.2. The number of nitrogens with one attached hydrogen (secondary N) is 2. The fourth-order valence-corrected chi connectivity index (χ4v) is 2.70. The molecule has 7 heteroatoms. The molecule has 1 atom stereocenters. The second-order valence-electron chi connectivity index (χ2n) is 6.23. The number of amides is 3. The van der Waals surface area contributed by atoms with Gasteiger partial charge >= 0.3 is 6.03 Å². The topological polar surface area (TPSA) is 77.6 Å². The van der Waals surface area contributed by atoms with Crippen molar-refractivity contribution in [1.82, 2.24) is 15.2 Å². The fraction of sp³-hybridized carbons (Fsp3) is 0.562. The molecule has 1 aliphatic heterocycles. The lowest BCUT2D eigenvalue weighted by Gasteiger charge is -2.26. The molecule has 1 aromatic heterocycles. The molecule has 0 aliphatic carbocycles. The van der Waals surface area contributed by atoms with E-state index in [0.29, 0.717) is 18.7 Å². The van der Waals surface area contributed by atoms with E-state index in [1.54, 1.807) is 23.4 Å². The number of carbonyl (C=O) groups is 2. The molecule has 7 nitrogen and oxygen atoms in total. The maximum absolute atomic E-state index is 12.6. The van der Waals surface area contributed by atoms with Crippen LogP contribution in [0, 0.1) is 0 Å². The minimum Gasteiger partial charge on any atom is -0.375 e. The molecule has 126 valence electrons. The summed E-state index contributed by atoms with van der Waals surface area (Å²) >= 11 is 0. The second kappa shape index (κ2) is 7.30. The van der Waals surface area contributed by atoms with Crippen LogP contribution in [0.4, 0.5) is 16.2 Å². The third-order valence-corrected chi connectivity index (χ3v) is 3.77. The Morgan fingerprint density at radius 2 is 2.13 bits per heavy atom. The van der Waals surface area contributed by atoms with Gasteiger partial charge in [-0.3, -0.25) is 9.78 Å². The molecule has 2 rings (SSSR count). The number of nitrogens with zero attached hydrogens (tertiary/aromatic N) is 3. The Bertz CT molecular complexity index is 573. The van der Waals surface area contributed by atoms with E-state index in [1.807, 2.05) is 32.8 Å². The molecular weight excluding hydrogens is 294 g/mol. The van der Waals surface area contributed by atoms with Crippen molar-refractivity contribution in [3.05, 3.63) is 18.5 Å². The van der Waals surface area contributed by atoms with Crippen LogP contribution >= 0.6 is 0 Å². The number of rotatable bonds is 4. The van der Waals surface area contributed by atoms with Crippen LogP contribution in [0.2, 0.25) is 0 Å². The molecule has 0 radical (unpaired) electrons. The largest absolute Gasteiger partial charge is 0.375 e. The molecule has 0 bridgehead atoms. The van der Waals surface area contributed by atoms with Crippen molar-refractivity contribution in [3.8, 4) is 0 Å². The lowest BCUT2D eigenvalue weighted by atomic mass is 10.2. The van der Waals surface area contributed by atoms with Gasteiger partial charge in [-0.25, -0.2) is 4.79 Å². The van der Waals surface area contributed by atoms with Gasteiger partial charge in [-0.05, 0) is 32.8 Å². The van der Waals surface area contributed by atoms with Gasteiger partial charge in [0.2, 0.25) is 5.91 Å². The van der Waals surface area contributed by atoms with Crippen LogP contribution in [-0.2, 0) is 4.79 Å². The minimum absolute atomic E-state index is 0.0635. The highest BCUT2D eigenvalue weighted by Gasteiger charge is 2.34. The average molecular weight is 319 g/mol. The van der Waals surface area contributed by atoms with Crippen molar-refractivity contribution in [2.45, 2.75) is 38.8 Å². The average Bonchev–Trinajstić information content (AvgIpc) is 2.96. The summed E-state index contributed by atoms with van der Waals surface area (Å²) in [7, 11) is 3.78. The van der Waals surface area contributed by atoms with Crippen molar-refractivity contribution < 1.29 is 9.59 Å². The van der Waals surface area contributed by atoms with Crippen molar-refractivity contribution in [2.24, 2.45) is 0 Å². The first-order chi connectivity index (χ1) is 10.9. The quantitative estimate of drug-likeness (QED) is 0.885. The fourth-order valence-electron chi connectivity index (χ4n) is 2.70. The summed E-state index contributed by atoms with van der Waals surface area (Å²) in [5, 5.41) is 5.78. The highest BCUT2D eigenvalue weighted by molar-refractivity contribution is 5.96. The maximum atomic E-state index is 12.6. The number of urea groups is 1. The van der Waals surface area contributed by atoms with Gasteiger partial charge in [-0.15, -0.1) is 0 Å². The van der Waals surface area contributed by atoms with Gasteiger partial charge < -0.3 is 20.4 Å². The molecule has 1 aliphatic rings. The smallest absolute Gasteiger partial charge is 0.322 e. The van der Waals surface area contributed by atoms with Gasteiger partial charge in [-0.2, -0.15) is 0 Å². The molecule has 1 fully saturated rings. The summed E-state index contributed by atoms with van der Waals surface area (Å²) in [6.45, 7) is 4.42. The van der Waals surface area contributed by atoms with E-state index in [1.165, 1.54) is 0 Å². The molecule has 1 saturated heterocycles. The van der Waals surface area contributed by atoms with Crippen molar-refractivity contribution in [2.75, 3.05) is 30.9 Å². The minimum atomic E-state index is -0.401. The Hall–Kier alpha value is -2.31. The summed E-state index contributed by atoms with van der Waals surface area (Å²) in [6, 6.07) is 1.17. The van der Waals surface area contributed by atoms with E-state index in [2.05, 4.69) is 15.6 Å². The summed E-state index contributed by atoms with van der Waals surface area (Å²) in [5.41, 5.74) is 1.51. The third-order valence-electron chi connectivity index (χ3n) is 3.77. The maximum Gasteiger partial charge on any atom is 0.322 e. The predicted molar refractivity (Wildman–Crippen MR) is 90.6 cm³/mol. The van der Waals surface area contributed by atoms with Gasteiger partial charge in [0.15, 0.2) is 0 Å². The molecule has 1 aromatic rings. The second-order valence-corrected chi connectivity index (χ2v) is 6.23. The van der Waals surface area contributed by atoms with E-state index in [0.717, 1.165) is 12.1 Å². The first-order valence-electron chi connectivity index (χ1n) is 7.89. The van der Waals surface area contributed by atoms with Crippen LogP contribution in [0.5, 0.6) is 0 Å². The Labute approximate surface area is 137 Å². The molecule has 0 saturated carbocycles. The monoisotopic (exact) mass is 319 g/mol. The van der Waals surface area contributed by atoms with Gasteiger partial charge in [0.25, 0.3) is 0 Å². The first kappa shape index (κ1) is 17.1. The van der Waals surface area contributed by atoms with Gasteiger partial charge in [-0.1, -0.05) is 0 Å². The lowest BCUT2D eigenvalue weighted by molar-refractivity contribution is -0.125. The van der Waals surface area contributed by atoms with Crippen molar-refractivity contribution in [3.63, 3.8) is 0 Å². The van der Waals surface area contributed by atoms with Crippen LogP contribution < -0.4 is 15.5 Å². The Morgan fingerprint density at radius 1 is 1.39 bits per heavy atom. The molecule has 2 N–H and O–H groups in total. The molecule has 3 amide bonds. The molecule has 0 unspecified atom stereocenters. The normalized spacial score (nSPS) is 17.3. The van der Waals surface area contributed by atoms with Crippen LogP contribution in [0.3, 0.4) is 0 Å². The van der Waals surface area contributed by atoms with E-state index >= 15 is 0 Å². The number of hydrogen-bond donors (Lipinski definition) is 2. The van der Waals surface area contributed by atoms with Crippen LogP contribution in [0.1, 0.15) is 26.7 Å². The number of carbonyl (C=O) groups excluding carboxylic acids is 2. The first-order valence-corrected chi connectivity index (χ1v) is 7.89. The SMILES string of the molecule is CC(C)NC(=O)[C@H]1CCCN1C(=O)Nc1ccncc1N(C)C. The van der Waals surface area contributed by atoms with Gasteiger partial charge in [0.05, 0.1) is 17.6 Å². The van der Waals surface area contributed by atoms with Crippen LogP contribution in [-0.4, -0.2) is 54.5 Å².